The Hall–Kier alpha value is -1.34. The number of halogens is 1. The predicted octanol–water partition coefficient (Wildman–Crippen LogP) is 1.02. The van der Waals surface area contributed by atoms with Crippen LogP contribution in [0.3, 0.4) is 0 Å². The number of carbonyl (C=O) groups excluding carboxylic acids is 3. The second-order valence-corrected chi connectivity index (χ2v) is 7.60. The fourth-order valence-corrected chi connectivity index (χ4v) is 3.97. The van der Waals surface area contributed by atoms with Crippen molar-refractivity contribution in [2.75, 3.05) is 26.2 Å². The lowest BCUT2D eigenvalue weighted by Crippen LogP contribution is -2.50. The summed E-state index contributed by atoms with van der Waals surface area (Å²) >= 11 is 0. The summed E-state index contributed by atoms with van der Waals surface area (Å²) in [5, 5.41) is 9.02. The predicted molar refractivity (Wildman–Crippen MR) is 96.5 cm³/mol. The van der Waals surface area contributed by atoms with Gasteiger partial charge in [-0.1, -0.05) is 6.92 Å². The molecule has 1 unspecified atom stereocenters. The van der Waals surface area contributed by atoms with Crippen molar-refractivity contribution in [1.82, 2.24) is 20.9 Å². The summed E-state index contributed by atoms with van der Waals surface area (Å²) < 4.78 is 0. The summed E-state index contributed by atoms with van der Waals surface area (Å²) in [6.45, 7) is 4.53. The first-order chi connectivity index (χ1) is 11.5. The topological polar surface area (TPSA) is 90.5 Å². The maximum absolute atomic E-state index is 12.7. The Balaban J connectivity index is 0.00000225. The van der Waals surface area contributed by atoms with E-state index in [-0.39, 0.29) is 30.8 Å². The van der Waals surface area contributed by atoms with Crippen molar-refractivity contribution in [3.05, 3.63) is 0 Å². The van der Waals surface area contributed by atoms with E-state index in [1.54, 1.807) is 0 Å². The first-order valence-corrected chi connectivity index (χ1v) is 9.12. The third-order valence-electron chi connectivity index (χ3n) is 5.66. The summed E-state index contributed by atoms with van der Waals surface area (Å²) in [4.78, 5) is 38.1. The quantitative estimate of drug-likeness (QED) is 0.643. The summed E-state index contributed by atoms with van der Waals surface area (Å²) in [6.07, 6.45) is 5.42. The normalized spacial score (nSPS) is 32.3. The van der Waals surface area contributed by atoms with Crippen LogP contribution in [-0.4, -0.2) is 54.5 Å². The van der Waals surface area contributed by atoms with Gasteiger partial charge < -0.3 is 16.0 Å². The number of amides is 4. The van der Waals surface area contributed by atoms with Gasteiger partial charge in [0.2, 0.25) is 5.91 Å². The van der Waals surface area contributed by atoms with Crippen LogP contribution in [-0.2, 0) is 9.59 Å². The molecule has 0 aromatic carbocycles. The van der Waals surface area contributed by atoms with Crippen LogP contribution in [0.15, 0.2) is 0 Å². The van der Waals surface area contributed by atoms with Gasteiger partial charge in [-0.3, -0.25) is 14.5 Å². The Morgan fingerprint density at radius 3 is 2.64 bits per heavy atom. The second-order valence-electron chi connectivity index (χ2n) is 7.60. The lowest BCUT2D eigenvalue weighted by atomic mass is 9.77. The van der Waals surface area contributed by atoms with Crippen LogP contribution in [0.2, 0.25) is 0 Å². The molecule has 3 rings (SSSR count). The van der Waals surface area contributed by atoms with Crippen LogP contribution in [0.1, 0.15) is 45.4 Å². The molecule has 3 aliphatic rings. The molecule has 7 nitrogen and oxygen atoms in total. The highest BCUT2D eigenvalue weighted by molar-refractivity contribution is 6.09. The Morgan fingerprint density at radius 2 is 2.00 bits per heavy atom. The molecule has 142 valence electrons. The molecule has 3 N–H and O–H groups in total. The molecule has 0 aromatic heterocycles. The molecule has 1 spiro atoms. The van der Waals surface area contributed by atoms with E-state index in [1.807, 2.05) is 0 Å². The number of hydrogen-bond donors (Lipinski definition) is 3. The van der Waals surface area contributed by atoms with Crippen LogP contribution in [0.25, 0.3) is 0 Å². The number of carbonyl (C=O) groups is 3. The van der Waals surface area contributed by atoms with E-state index in [1.165, 1.54) is 0 Å². The van der Waals surface area contributed by atoms with E-state index in [9.17, 15) is 14.4 Å². The van der Waals surface area contributed by atoms with Gasteiger partial charge in [-0.15, -0.1) is 12.4 Å². The molecule has 1 atom stereocenters. The molecule has 2 saturated heterocycles. The van der Waals surface area contributed by atoms with E-state index in [0.717, 1.165) is 43.7 Å². The zero-order valence-electron chi connectivity index (χ0n) is 14.8. The maximum Gasteiger partial charge on any atom is 0.325 e. The van der Waals surface area contributed by atoms with Gasteiger partial charge in [0.05, 0.1) is 0 Å². The summed E-state index contributed by atoms with van der Waals surface area (Å²) in [7, 11) is 0. The van der Waals surface area contributed by atoms with Crippen LogP contribution < -0.4 is 16.0 Å². The average Bonchev–Trinajstić information content (AvgIpc) is 2.81. The fourth-order valence-electron chi connectivity index (χ4n) is 3.97. The van der Waals surface area contributed by atoms with Crippen molar-refractivity contribution in [2.24, 2.45) is 11.8 Å². The van der Waals surface area contributed by atoms with Crippen molar-refractivity contribution in [2.45, 2.75) is 51.0 Å². The molecule has 1 aliphatic carbocycles. The molecule has 4 amide bonds. The standard InChI is InChI=1S/C17H28N4O3.ClH/c1-12-4-6-17(7-5-12)15(23)21(16(24)20-17)11-14(22)19-10-13-3-2-8-18-9-13;/h12-13,18H,2-11H2,1H3,(H,19,22)(H,20,24);1H. The van der Waals surface area contributed by atoms with Crippen LogP contribution in [0.4, 0.5) is 4.79 Å². The Kier molecular flexibility index (Phi) is 6.68. The van der Waals surface area contributed by atoms with E-state index in [0.29, 0.717) is 31.2 Å². The molecule has 1 saturated carbocycles. The van der Waals surface area contributed by atoms with Gasteiger partial charge in [-0.25, -0.2) is 4.79 Å². The van der Waals surface area contributed by atoms with Crippen molar-refractivity contribution in [3.8, 4) is 0 Å². The van der Waals surface area contributed by atoms with Crippen molar-refractivity contribution in [1.29, 1.82) is 0 Å². The molecule has 0 bridgehead atoms. The summed E-state index contributed by atoms with van der Waals surface area (Å²) in [5.74, 6) is 0.526. The van der Waals surface area contributed by atoms with Crippen molar-refractivity contribution >= 4 is 30.3 Å². The van der Waals surface area contributed by atoms with Gasteiger partial charge >= 0.3 is 6.03 Å². The molecule has 2 heterocycles. The summed E-state index contributed by atoms with van der Waals surface area (Å²) in [6, 6.07) is -0.427. The van der Waals surface area contributed by atoms with Crippen LogP contribution in [0, 0.1) is 11.8 Å². The highest BCUT2D eigenvalue weighted by Gasteiger charge is 2.52. The summed E-state index contributed by atoms with van der Waals surface area (Å²) in [5.41, 5.74) is -0.767. The number of urea groups is 1. The van der Waals surface area contributed by atoms with Gasteiger partial charge in [0, 0.05) is 6.54 Å². The van der Waals surface area contributed by atoms with Gasteiger partial charge in [0.15, 0.2) is 0 Å². The maximum atomic E-state index is 12.7. The minimum absolute atomic E-state index is 0. The average molecular weight is 373 g/mol. The number of imide groups is 1. The smallest absolute Gasteiger partial charge is 0.325 e. The number of piperidine rings is 1. The first-order valence-electron chi connectivity index (χ1n) is 9.12. The van der Waals surface area contributed by atoms with Crippen molar-refractivity contribution in [3.63, 3.8) is 0 Å². The van der Waals surface area contributed by atoms with Crippen LogP contribution in [0.5, 0.6) is 0 Å². The number of hydrogen-bond acceptors (Lipinski definition) is 4. The lowest BCUT2D eigenvalue weighted by molar-refractivity contribution is -0.136. The Labute approximate surface area is 155 Å². The highest BCUT2D eigenvalue weighted by atomic mass is 35.5. The minimum Gasteiger partial charge on any atom is -0.354 e. The third-order valence-corrected chi connectivity index (χ3v) is 5.66. The SMILES string of the molecule is CC1CCC2(CC1)NC(=O)N(CC(=O)NCC1CCCNC1)C2=O.Cl. The second kappa shape index (κ2) is 8.36. The largest absolute Gasteiger partial charge is 0.354 e. The Morgan fingerprint density at radius 1 is 1.28 bits per heavy atom. The zero-order chi connectivity index (χ0) is 17.2. The lowest BCUT2D eigenvalue weighted by Gasteiger charge is -2.33. The molecule has 25 heavy (non-hydrogen) atoms. The van der Waals surface area contributed by atoms with Gasteiger partial charge in [0.25, 0.3) is 5.91 Å². The van der Waals surface area contributed by atoms with E-state index in [2.05, 4.69) is 22.9 Å². The van der Waals surface area contributed by atoms with E-state index < -0.39 is 11.6 Å². The van der Waals surface area contributed by atoms with Gasteiger partial charge in [-0.05, 0) is 63.5 Å². The molecule has 3 fully saturated rings. The van der Waals surface area contributed by atoms with E-state index in [4.69, 9.17) is 0 Å². The molecule has 8 heteroatoms. The Bertz CT molecular complexity index is 514. The molecule has 2 aliphatic heterocycles. The molecule has 0 radical (unpaired) electrons. The molecule has 0 aromatic rings. The van der Waals surface area contributed by atoms with Gasteiger partial charge in [-0.2, -0.15) is 0 Å². The van der Waals surface area contributed by atoms with E-state index >= 15 is 0 Å². The number of nitrogens with zero attached hydrogens (tertiary/aromatic N) is 1. The first kappa shape index (κ1) is 20.0. The highest BCUT2D eigenvalue weighted by Crippen LogP contribution is 2.36. The molecular formula is C17H29ClN4O3. The fraction of sp³-hybridized carbons (Fsp3) is 0.824. The number of rotatable bonds is 4. The third kappa shape index (κ3) is 4.44. The van der Waals surface area contributed by atoms with Crippen molar-refractivity contribution < 1.29 is 14.4 Å². The monoisotopic (exact) mass is 372 g/mol. The zero-order valence-corrected chi connectivity index (χ0v) is 15.6. The van der Waals surface area contributed by atoms with Gasteiger partial charge in [0.1, 0.15) is 12.1 Å². The minimum atomic E-state index is -0.767. The molecular weight excluding hydrogens is 344 g/mol. The van der Waals surface area contributed by atoms with Crippen LogP contribution >= 0.6 is 12.4 Å². The number of nitrogens with one attached hydrogen (secondary N) is 3.